The topological polar surface area (TPSA) is 117 Å². The molecular weight excluding hydrogens is 470 g/mol. The van der Waals surface area contributed by atoms with Crippen LogP contribution < -0.4 is 4.74 Å². The molecule has 186 valence electrons. The first-order valence-electron chi connectivity index (χ1n) is 11.9. The van der Waals surface area contributed by atoms with E-state index in [4.69, 9.17) is 9.47 Å². The third-order valence-electron chi connectivity index (χ3n) is 6.40. The van der Waals surface area contributed by atoms with Crippen molar-refractivity contribution in [1.82, 2.24) is 24.4 Å². The van der Waals surface area contributed by atoms with Crippen LogP contribution in [0, 0.1) is 6.92 Å². The van der Waals surface area contributed by atoms with Gasteiger partial charge < -0.3 is 18.9 Å². The Morgan fingerprint density at radius 2 is 1.83 bits per heavy atom. The van der Waals surface area contributed by atoms with Gasteiger partial charge in [-0.2, -0.15) is 0 Å². The Morgan fingerprint density at radius 1 is 1.09 bits per heavy atom. The van der Waals surface area contributed by atoms with Crippen molar-refractivity contribution >= 4 is 27.0 Å². The molecule has 0 bridgehead atoms. The first-order chi connectivity index (χ1) is 16.7. The van der Waals surface area contributed by atoms with Gasteiger partial charge in [0.05, 0.1) is 22.4 Å². The number of carbonyl (C=O) groups excluding carboxylic acids is 1. The van der Waals surface area contributed by atoms with Gasteiger partial charge in [0.2, 0.25) is 5.88 Å². The lowest BCUT2D eigenvalue weighted by Gasteiger charge is -2.32. The van der Waals surface area contributed by atoms with Crippen LogP contribution in [0.1, 0.15) is 51.3 Å². The van der Waals surface area contributed by atoms with Crippen LogP contribution in [0.25, 0.3) is 11.0 Å². The third kappa shape index (κ3) is 4.69. The molecule has 1 aliphatic heterocycles. The van der Waals surface area contributed by atoms with Gasteiger partial charge in [-0.1, -0.05) is 0 Å². The molecule has 1 saturated heterocycles. The fourth-order valence-electron chi connectivity index (χ4n) is 4.37. The number of hydrogen-bond donors (Lipinski definition) is 0. The van der Waals surface area contributed by atoms with E-state index in [0.29, 0.717) is 43.3 Å². The zero-order valence-electron chi connectivity index (χ0n) is 20.0. The number of sulfone groups is 1. The minimum atomic E-state index is -3.37. The number of pyridine rings is 1. The molecule has 3 aromatic rings. The molecule has 11 heteroatoms. The summed E-state index contributed by atoms with van der Waals surface area (Å²) in [6.45, 7) is 6.65. The maximum Gasteiger partial charge on any atom is 0.410 e. The van der Waals surface area contributed by atoms with E-state index in [1.807, 2.05) is 26.1 Å². The van der Waals surface area contributed by atoms with Gasteiger partial charge in [-0.3, -0.25) is 0 Å². The molecule has 0 N–H and O–H groups in total. The van der Waals surface area contributed by atoms with E-state index in [1.54, 1.807) is 17.9 Å². The Morgan fingerprint density at radius 3 is 2.49 bits per heavy atom. The number of nitrogens with zero attached hydrogens (tertiary/aromatic N) is 5. The van der Waals surface area contributed by atoms with Crippen LogP contribution in [0.15, 0.2) is 35.7 Å². The molecule has 0 aromatic carbocycles. The Hall–Kier alpha value is -3.21. The second kappa shape index (κ2) is 9.10. The van der Waals surface area contributed by atoms with Gasteiger partial charge in [-0.05, 0) is 64.7 Å². The van der Waals surface area contributed by atoms with E-state index in [0.717, 1.165) is 23.9 Å². The van der Waals surface area contributed by atoms with Gasteiger partial charge >= 0.3 is 6.09 Å². The highest BCUT2D eigenvalue weighted by atomic mass is 32.2. The Bertz CT molecular complexity index is 1360. The molecular formula is C24H29N5O5S. The second-order valence-electron chi connectivity index (χ2n) is 9.37. The maximum absolute atomic E-state index is 12.5. The average molecular weight is 500 g/mol. The molecule has 2 fully saturated rings. The van der Waals surface area contributed by atoms with E-state index < -0.39 is 9.84 Å². The average Bonchev–Trinajstić information content (AvgIpc) is 3.60. The lowest BCUT2D eigenvalue weighted by molar-refractivity contribution is 0.0663. The number of carbonyl (C=O) groups is 1. The molecule has 10 nitrogen and oxygen atoms in total. The summed E-state index contributed by atoms with van der Waals surface area (Å²) in [6, 6.07) is 5.24. The number of hydrogen-bond acceptors (Lipinski definition) is 8. The number of likely N-dealkylation sites (tertiary alicyclic amines) is 1. The van der Waals surface area contributed by atoms with Crippen LogP contribution in [0.3, 0.4) is 0 Å². The Kier molecular flexibility index (Phi) is 6.12. The second-order valence-corrected chi connectivity index (χ2v) is 11.5. The highest BCUT2D eigenvalue weighted by Crippen LogP contribution is 2.35. The minimum Gasteiger partial charge on any atom is -0.447 e. The van der Waals surface area contributed by atoms with Crippen molar-refractivity contribution in [3.05, 3.63) is 36.4 Å². The molecule has 0 unspecified atom stereocenters. The zero-order chi connectivity index (χ0) is 24.7. The highest BCUT2D eigenvalue weighted by Gasteiger charge is 2.38. The number of piperidine rings is 1. The van der Waals surface area contributed by atoms with Crippen LogP contribution in [-0.2, 0) is 14.6 Å². The molecule has 1 saturated carbocycles. The summed E-state index contributed by atoms with van der Waals surface area (Å²) >= 11 is 0. The summed E-state index contributed by atoms with van der Waals surface area (Å²) in [7, 11) is -3.37. The number of amides is 1. The summed E-state index contributed by atoms with van der Waals surface area (Å²) in [5, 5.41) is 0.533. The van der Waals surface area contributed by atoms with E-state index in [1.165, 1.54) is 12.4 Å². The third-order valence-corrected chi connectivity index (χ3v) is 8.56. The van der Waals surface area contributed by atoms with Gasteiger partial charge in [0.1, 0.15) is 12.0 Å². The fraction of sp³-hybridized carbons (Fsp3) is 0.500. The predicted molar refractivity (Wildman–Crippen MR) is 128 cm³/mol. The molecule has 4 heterocycles. The molecule has 1 aliphatic carbocycles. The Balaban J connectivity index is 1.33. The highest BCUT2D eigenvalue weighted by molar-refractivity contribution is 7.92. The summed E-state index contributed by atoms with van der Waals surface area (Å²) in [6.07, 6.45) is 5.98. The van der Waals surface area contributed by atoms with Gasteiger partial charge in [0.25, 0.3) is 0 Å². The van der Waals surface area contributed by atoms with Crippen molar-refractivity contribution < 1.29 is 22.7 Å². The quantitative estimate of drug-likeness (QED) is 0.499. The molecule has 0 atom stereocenters. The van der Waals surface area contributed by atoms with Crippen LogP contribution in [0.5, 0.6) is 11.6 Å². The van der Waals surface area contributed by atoms with Crippen molar-refractivity contribution in [3.8, 4) is 11.6 Å². The zero-order valence-corrected chi connectivity index (χ0v) is 20.9. The summed E-state index contributed by atoms with van der Waals surface area (Å²) in [5.74, 6) is 0.832. The van der Waals surface area contributed by atoms with E-state index in [-0.39, 0.29) is 28.5 Å². The molecule has 0 spiro atoms. The minimum absolute atomic E-state index is 0.0902. The largest absolute Gasteiger partial charge is 0.447 e. The first-order valence-corrected chi connectivity index (χ1v) is 13.4. The summed E-state index contributed by atoms with van der Waals surface area (Å²) < 4.78 is 38.5. The predicted octanol–water partition coefficient (Wildman–Crippen LogP) is 4.05. The maximum atomic E-state index is 12.5. The van der Waals surface area contributed by atoms with Crippen molar-refractivity contribution in [2.75, 3.05) is 13.1 Å². The molecule has 2 aliphatic rings. The van der Waals surface area contributed by atoms with Gasteiger partial charge in [0, 0.05) is 25.3 Å². The number of rotatable bonds is 6. The van der Waals surface area contributed by atoms with E-state index in [9.17, 15) is 13.2 Å². The molecule has 3 aromatic heterocycles. The van der Waals surface area contributed by atoms with Crippen molar-refractivity contribution in [2.45, 2.75) is 68.9 Å². The van der Waals surface area contributed by atoms with E-state index >= 15 is 0 Å². The number of aryl methyl sites for hydroxylation is 1. The fourth-order valence-corrected chi connectivity index (χ4v) is 5.99. The normalized spacial score (nSPS) is 17.2. The van der Waals surface area contributed by atoms with Gasteiger partial charge in [0.15, 0.2) is 20.6 Å². The number of fused-ring (bicyclic) bond motifs is 1. The van der Waals surface area contributed by atoms with Crippen molar-refractivity contribution in [3.63, 3.8) is 0 Å². The van der Waals surface area contributed by atoms with Crippen molar-refractivity contribution in [2.24, 2.45) is 0 Å². The van der Waals surface area contributed by atoms with Crippen LogP contribution in [0.2, 0.25) is 0 Å². The molecule has 5 rings (SSSR count). The van der Waals surface area contributed by atoms with Crippen LogP contribution in [0.4, 0.5) is 4.79 Å². The number of aromatic nitrogens is 4. The molecule has 0 radical (unpaired) electrons. The SMILES string of the molecule is Cc1nc(S(=O)(=O)C2CC2)ccc1Oc1ncnc2c1ccn2C1CCN(C(=O)OC(C)C)CC1. The first kappa shape index (κ1) is 23.5. The van der Waals surface area contributed by atoms with Gasteiger partial charge in [-0.25, -0.2) is 28.2 Å². The Labute approximate surface area is 204 Å². The monoisotopic (exact) mass is 499 g/mol. The molecule has 35 heavy (non-hydrogen) atoms. The molecule has 1 amide bonds. The van der Waals surface area contributed by atoms with Crippen LogP contribution >= 0.6 is 0 Å². The van der Waals surface area contributed by atoms with E-state index in [2.05, 4.69) is 19.5 Å². The summed E-state index contributed by atoms with van der Waals surface area (Å²) in [4.78, 5) is 27.0. The lowest BCUT2D eigenvalue weighted by atomic mass is 10.1. The number of ether oxygens (including phenoxy) is 2. The van der Waals surface area contributed by atoms with Crippen molar-refractivity contribution in [1.29, 1.82) is 0 Å². The summed E-state index contributed by atoms with van der Waals surface area (Å²) in [5.41, 5.74) is 1.23. The smallest absolute Gasteiger partial charge is 0.410 e. The lowest BCUT2D eigenvalue weighted by Crippen LogP contribution is -2.40. The standard InChI is InChI=1S/C24H29N5O5S/c1-15(2)33-24(30)28-11-8-17(9-12-28)29-13-10-19-22(29)25-14-26-23(19)34-20-6-7-21(27-16(20)3)35(31,32)18-4-5-18/h6-7,10,13-15,17-18H,4-5,8-9,11-12H2,1-3H3. The van der Waals surface area contributed by atoms with Crippen LogP contribution in [-0.4, -0.2) is 63.4 Å². The van der Waals surface area contributed by atoms with Gasteiger partial charge in [-0.15, -0.1) is 0 Å².